The zero-order valence-electron chi connectivity index (χ0n) is 11.6. The highest BCUT2D eigenvalue weighted by molar-refractivity contribution is 5.60. The molecule has 0 aliphatic rings. The van der Waals surface area contributed by atoms with Gasteiger partial charge in [-0.05, 0) is 0 Å². The van der Waals surface area contributed by atoms with E-state index in [0.717, 1.165) is 11.4 Å². The van der Waals surface area contributed by atoms with E-state index >= 15 is 0 Å². The molecule has 0 fully saturated rings. The maximum atomic E-state index is 5.85. The number of rotatable bonds is 4. The Labute approximate surface area is 121 Å². The topological polar surface area (TPSA) is 94.5 Å². The van der Waals surface area contributed by atoms with Crippen molar-refractivity contribution < 1.29 is 0 Å². The van der Waals surface area contributed by atoms with Crippen molar-refractivity contribution in [2.24, 2.45) is 7.05 Å². The third-order valence-corrected chi connectivity index (χ3v) is 3.01. The predicted molar refractivity (Wildman–Crippen MR) is 80.2 cm³/mol. The van der Waals surface area contributed by atoms with Gasteiger partial charge in [0.25, 0.3) is 0 Å². The first-order valence-electron chi connectivity index (χ1n) is 6.49. The molecular formula is C14H15N7. The average Bonchev–Trinajstić information content (AvgIpc) is 2.91. The van der Waals surface area contributed by atoms with Crippen LogP contribution in [0.5, 0.6) is 0 Å². The van der Waals surface area contributed by atoms with Crippen molar-refractivity contribution >= 4 is 11.6 Å². The van der Waals surface area contributed by atoms with Crippen molar-refractivity contribution in [3.63, 3.8) is 0 Å². The second-order valence-electron chi connectivity index (χ2n) is 4.58. The fourth-order valence-electron chi connectivity index (χ4n) is 1.91. The monoisotopic (exact) mass is 281 g/mol. The van der Waals surface area contributed by atoms with Crippen LogP contribution in [-0.2, 0) is 13.6 Å². The van der Waals surface area contributed by atoms with Gasteiger partial charge < -0.3 is 15.6 Å². The molecule has 3 rings (SSSR count). The summed E-state index contributed by atoms with van der Waals surface area (Å²) < 4.78 is 1.84. The van der Waals surface area contributed by atoms with Gasteiger partial charge in [-0.3, -0.25) is 0 Å². The van der Waals surface area contributed by atoms with E-state index in [1.54, 1.807) is 12.4 Å². The van der Waals surface area contributed by atoms with Crippen LogP contribution in [0.1, 0.15) is 5.82 Å². The lowest BCUT2D eigenvalue weighted by atomic mass is 10.2. The highest BCUT2D eigenvalue weighted by Crippen LogP contribution is 2.18. The van der Waals surface area contributed by atoms with Gasteiger partial charge in [0.05, 0.1) is 6.54 Å². The molecule has 0 bridgehead atoms. The Morgan fingerprint density at radius 1 is 1.19 bits per heavy atom. The number of aromatic nitrogens is 5. The lowest BCUT2D eigenvalue weighted by Gasteiger charge is -2.08. The van der Waals surface area contributed by atoms with Crippen LogP contribution in [0.25, 0.3) is 11.4 Å². The summed E-state index contributed by atoms with van der Waals surface area (Å²) in [7, 11) is 1.89. The minimum atomic E-state index is 0.421. The standard InChI is InChI=1S/C14H15N7/c1-21-9-17-20-13(21)8-16-12-7-11(15)18-14(19-12)10-5-3-2-4-6-10/h2-7,9H,8H2,1H3,(H3,15,16,18,19). The summed E-state index contributed by atoms with van der Waals surface area (Å²) in [6, 6.07) is 11.4. The van der Waals surface area contributed by atoms with Crippen molar-refractivity contribution in [3.8, 4) is 11.4 Å². The predicted octanol–water partition coefficient (Wildman–Crippen LogP) is 1.47. The van der Waals surface area contributed by atoms with Gasteiger partial charge in [0.15, 0.2) is 11.6 Å². The molecule has 1 aromatic carbocycles. The Kier molecular flexibility index (Phi) is 3.46. The normalized spacial score (nSPS) is 10.5. The molecule has 3 N–H and O–H groups in total. The molecule has 0 unspecified atom stereocenters. The van der Waals surface area contributed by atoms with Crippen molar-refractivity contribution in [2.75, 3.05) is 11.1 Å². The molecule has 21 heavy (non-hydrogen) atoms. The smallest absolute Gasteiger partial charge is 0.163 e. The second kappa shape index (κ2) is 5.58. The molecule has 0 saturated heterocycles. The zero-order chi connectivity index (χ0) is 14.7. The molecule has 0 amide bonds. The Morgan fingerprint density at radius 3 is 2.71 bits per heavy atom. The van der Waals surface area contributed by atoms with E-state index in [-0.39, 0.29) is 0 Å². The molecule has 106 valence electrons. The summed E-state index contributed by atoms with van der Waals surface area (Å²) >= 11 is 0. The van der Waals surface area contributed by atoms with Crippen LogP contribution < -0.4 is 11.1 Å². The second-order valence-corrected chi connectivity index (χ2v) is 4.58. The van der Waals surface area contributed by atoms with E-state index in [0.29, 0.717) is 24.0 Å². The summed E-state index contributed by atoms with van der Waals surface area (Å²) in [6.07, 6.45) is 1.65. The van der Waals surface area contributed by atoms with E-state index in [9.17, 15) is 0 Å². The zero-order valence-corrected chi connectivity index (χ0v) is 11.6. The van der Waals surface area contributed by atoms with Crippen molar-refractivity contribution in [2.45, 2.75) is 6.54 Å². The third-order valence-electron chi connectivity index (χ3n) is 3.01. The SMILES string of the molecule is Cn1cnnc1CNc1cc(N)nc(-c2ccccc2)n1. The van der Waals surface area contributed by atoms with Crippen LogP contribution >= 0.6 is 0 Å². The molecule has 0 atom stereocenters. The summed E-state index contributed by atoms with van der Waals surface area (Å²) in [5.74, 6) is 2.48. The van der Waals surface area contributed by atoms with E-state index in [2.05, 4.69) is 25.5 Å². The van der Waals surface area contributed by atoms with Gasteiger partial charge in [0, 0.05) is 18.7 Å². The highest BCUT2D eigenvalue weighted by Gasteiger charge is 2.06. The van der Waals surface area contributed by atoms with E-state index in [4.69, 9.17) is 5.73 Å². The van der Waals surface area contributed by atoms with Crippen LogP contribution in [0.4, 0.5) is 11.6 Å². The fourth-order valence-corrected chi connectivity index (χ4v) is 1.91. The van der Waals surface area contributed by atoms with Gasteiger partial charge >= 0.3 is 0 Å². The van der Waals surface area contributed by atoms with E-state index in [1.807, 2.05) is 41.9 Å². The quantitative estimate of drug-likeness (QED) is 0.752. The van der Waals surface area contributed by atoms with Gasteiger partial charge in [-0.1, -0.05) is 30.3 Å². The van der Waals surface area contributed by atoms with Crippen molar-refractivity contribution in [3.05, 3.63) is 48.5 Å². The molecule has 0 aliphatic carbocycles. The first-order valence-corrected chi connectivity index (χ1v) is 6.49. The van der Waals surface area contributed by atoms with Gasteiger partial charge in [-0.25, -0.2) is 9.97 Å². The number of nitrogens with zero attached hydrogens (tertiary/aromatic N) is 5. The summed E-state index contributed by atoms with van der Waals surface area (Å²) in [6.45, 7) is 0.515. The molecule has 0 aliphatic heterocycles. The number of anilines is 2. The molecule has 2 heterocycles. The first kappa shape index (κ1) is 13.0. The Hall–Kier alpha value is -2.96. The minimum absolute atomic E-state index is 0.421. The molecule has 7 nitrogen and oxygen atoms in total. The number of nitrogen functional groups attached to an aromatic ring is 1. The van der Waals surface area contributed by atoms with E-state index in [1.165, 1.54) is 0 Å². The van der Waals surface area contributed by atoms with Crippen LogP contribution in [0.2, 0.25) is 0 Å². The lowest BCUT2D eigenvalue weighted by molar-refractivity contribution is 0.810. The highest BCUT2D eigenvalue weighted by atomic mass is 15.3. The van der Waals surface area contributed by atoms with Gasteiger partial charge in [-0.2, -0.15) is 0 Å². The molecule has 3 aromatic rings. The molecule has 0 saturated carbocycles. The van der Waals surface area contributed by atoms with Crippen LogP contribution in [0.3, 0.4) is 0 Å². The number of nitrogens with one attached hydrogen (secondary N) is 1. The first-order chi connectivity index (χ1) is 10.2. The van der Waals surface area contributed by atoms with Gasteiger partial charge in [0.1, 0.15) is 18.0 Å². The minimum Gasteiger partial charge on any atom is -0.384 e. The van der Waals surface area contributed by atoms with Crippen LogP contribution in [-0.4, -0.2) is 24.7 Å². The maximum Gasteiger partial charge on any atom is 0.163 e. The lowest BCUT2D eigenvalue weighted by Crippen LogP contribution is -2.08. The molecule has 7 heteroatoms. The maximum absolute atomic E-state index is 5.85. The third kappa shape index (κ3) is 2.97. The van der Waals surface area contributed by atoms with Crippen LogP contribution in [0.15, 0.2) is 42.7 Å². The number of hydrogen-bond donors (Lipinski definition) is 2. The number of aryl methyl sites for hydroxylation is 1. The van der Waals surface area contributed by atoms with Gasteiger partial charge in [-0.15, -0.1) is 10.2 Å². The van der Waals surface area contributed by atoms with Crippen molar-refractivity contribution in [1.82, 2.24) is 24.7 Å². The average molecular weight is 281 g/mol. The van der Waals surface area contributed by atoms with Gasteiger partial charge in [0.2, 0.25) is 0 Å². The van der Waals surface area contributed by atoms with Crippen molar-refractivity contribution in [1.29, 1.82) is 0 Å². The van der Waals surface area contributed by atoms with E-state index < -0.39 is 0 Å². The number of benzene rings is 1. The Bertz CT molecular complexity index is 736. The summed E-state index contributed by atoms with van der Waals surface area (Å²) in [5.41, 5.74) is 6.77. The molecule has 2 aromatic heterocycles. The molecule has 0 radical (unpaired) electrons. The molecular weight excluding hydrogens is 266 g/mol. The Morgan fingerprint density at radius 2 is 2.00 bits per heavy atom. The largest absolute Gasteiger partial charge is 0.384 e. The number of hydrogen-bond acceptors (Lipinski definition) is 6. The Balaban J connectivity index is 1.83. The number of nitrogens with two attached hydrogens (primary N) is 1. The molecule has 0 spiro atoms. The summed E-state index contributed by atoms with van der Waals surface area (Å²) in [4.78, 5) is 8.73. The van der Waals surface area contributed by atoms with Crippen LogP contribution in [0, 0.1) is 0 Å². The summed E-state index contributed by atoms with van der Waals surface area (Å²) in [5, 5.41) is 11.0. The fraction of sp³-hybridized carbons (Fsp3) is 0.143.